The largest absolute Gasteiger partial charge is 0.493 e. The Morgan fingerprint density at radius 2 is 1.65 bits per heavy atom. The summed E-state index contributed by atoms with van der Waals surface area (Å²) in [6, 6.07) is 10.6. The first-order valence-corrected chi connectivity index (χ1v) is 12.8. The van der Waals surface area contributed by atoms with Gasteiger partial charge in [0.1, 0.15) is 11.5 Å². The number of methoxy groups -OCH3 is 1. The van der Waals surface area contributed by atoms with Crippen molar-refractivity contribution in [2.45, 2.75) is 51.4 Å². The van der Waals surface area contributed by atoms with Crippen LogP contribution in [0, 0.1) is 6.92 Å². The van der Waals surface area contributed by atoms with E-state index in [0.29, 0.717) is 70.6 Å². The molecule has 2 aromatic rings. The van der Waals surface area contributed by atoms with Crippen LogP contribution < -0.4 is 14.8 Å². The van der Waals surface area contributed by atoms with Crippen molar-refractivity contribution in [3.8, 4) is 11.5 Å². The number of aryl methyl sites for hydroxylation is 1. The van der Waals surface area contributed by atoms with Crippen molar-refractivity contribution in [1.82, 2.24) is 0 Å². The highest BCUT2D eigenvalue weighted by molar-refractivity contribution is 6.31. The lowest BCUT2D eigenvalue weighted by molar-refractivity contribution is -0.119. The van der Waals surface area contributed by atoms with Crippen LogP contribution in [0.2, 0.25) is 5.02 Å². The first kappa shape index (κ1) is 25.1. The van der Waals surface area contributed by atoms with Gasteiger partial charge in [0.05, 0.1) is 7.11 Å². The van der Waals surface area contributed by atoms with Gasteiger partial charge in [-0.2, -0.15) is 0 Å². The third-order valence-electron chi connectivity index (χ3n) is 6.98. The van der Waals surface area contributed by atoms with Crippen molar-refractivity contribution in [3.63, 3.8) is 0 Å². The van der Waals surface area contributed by atoms with Gasteiger partial charge in [0.25, 0.3) is 5.91 Å². The molecular formula is C29H28ClNO6. The van der Waals surface area contributed by atoms with Crippen LogP contribution in [0.3, 0.4) is 0 Å². The standard InChI is InChI=1S/C29H28ClNO6/c1-16-9-11-18(14-19(16)30)31-26(34)15-36-22-12-10-17(13-25(22)35-2)27-28-20(32)5-3-7-23(28)37-24-8-4-6-21(33)29(24)27/h9-14,27H,3-8,15H2,1-2H3,(H,31,34). The molecule has 1 N–H and O–H groups in total. The van der Waals surface area contributed by atoms with E-state index in [-0.39, 0.29) is 24.1 Å². The van der Waals surface area contributed by atoms with Crippen LogP contribution >= 0.6 is 11.6 Å². The minimum absolute atomic E-state index is 0.0170. The number of anilines is 1. The molecule has 0 atom stereocenters. The molecule has 192 valence electrons. The lowest BCUT2D eigenvalue weighted by Crippen LogP contribution is -2.30. The molecule has 0 radical (unpaired) electrons. The van der Waals surface area contributed by atoms with Crippen molar-refractivity contribution in [3.05, 3.63) is 75.2 Å². The summed E-state index contributed by atoms with van der Waals surface area (Å²) in [5.74, 6) is 1.35. The van der Waals surface area contributed by atoms with E-state index in [4.69, 9.17) is 25.8 Å². The van der Waals surface area contributed by atoms with Crippen LogP contribution in [-0.2, 0) is 19.1 Å². The van der Waals surface area contributed by atoms with E-state index >= 15 is 0 Å². The normalized spacial score (nSPS) is 17.7. The second kappa shape index (κ2) is 10.4. The van der Waals surface area contributed by atoms with Gasteiger partial charge in [-0.3, -0.25) is 14.4 Å². The van der Waals surface area contributed by atoms with Crippen molar-refractivity contribution in [1.29, 1.82) is 0 Å². The van der Waals surface area contributed by atoms with Crippen LogP contribution in [0.5, 0.6) is 11.5 Å². The fourth-order valence-electron chi connectivity index (χ4n) is 5.15. The zero-order valence-electron chi connectivity index (χ0n) is 20.8. The summed E-state index contributed by atoms with van der Waals surface area (Å²) in [6.45, 7) is 1.65. The Morgan fingerprint density at radius 3 is 2.27 bits per heavy atom. The lowest BCUT2D eigenvalue weighted by Gasteiger charge is -2.36. The number of benzene rings is 2. The Kier molecular flexibility index (Phi) is 7.07. The molecule has 1 aliphatic heterocycles. The Bertz CT molecular complexity index is 1320. The predicted molar refractivity (Wildman–Crippen MR) is 139 cm³/mol. The minimum atomic E-state index is -0.489. The van der Waals surface area contributed by atoms with Crippen molar-refractivity contribution in [2.24, 2.45) is 0 Å². The zero-order chi connectivity index (χ0) is 26.1. The average Bonchev–Trinajstić information content (AvgIpc) is 2.89. The molecule has 2 aromatic carbocycles. The van der Waals surface area contributed by atoms with Gasteiger partial charge in [-0.15, -0.1) is 0 Å². The molecule has 0 aromatic heterocycles. The molecule has 37 heavy (non-hydrogen) atoms. The molecule has 0 bridgehead atoms. The summed E-state index contributed by atoms with van der Waals surface area (Å²) < 4.78 is 17.4. The fraction of sp³-hybridized carbons (Fsp3) is 0.345. The first-order valence-electron chi connectivity index (χ1n) is 12.4. The van der Waals surface area contributed by atoms with E-state index < -0.39 is 5.92 Å². The molecule has 0 spiro atoms. The maximum Gasteiger partial charge on any atom is 0.262 e. The number of halogens is 1. The number of ketones is 2. The van der Waals surface area contributed by atoms with Gasteiger partial charge < -0.3 is 19.5 Å². The quantitative estimate of drug-likeness (QED) is 0.516. The summed E-state index contributed by atoms with van der Waals surface area (Å²) in [5, 5.41) is 3.33. The molecule has 0 unspecified atom stereocenters. The number of Topliss-reactive ketones (excluding diaryl/α,β-unsaturated/α-hetero) is 2. The third kappa shape index (κ3) is 5.01. The van der Waals surface area contributed by atoms with Gasteiger partial charge >= 0.3 is 0 Å². The molecule has 5 rings (SSSR count). The summed E-state index contributed by atoms with van der Waals surface area (Å²) >= 11 is 6.14. The molecule has 2 aliphatic carbocycles. The highest BCUT2D eigenvalue weighted by atomic mass is 35.5. The SMILES string of the molecule is COc1cc(C2C3=C(CCCC3=O)OC3=C2C(=O)CCC3)ccc1OCC(=O)Nc1ccc(C)c(Cl)c1. The third-order valence-corrected chi connectivity index (χ3v) is 7.38. The number of ether oxygens (including phenoxy) is 3. The van der Waals surface area contributed by atoms with Gasteiger partial charge in [-0.25, -0.2) is 0 Å². The number of hydrogen-bond donors (Lipinski definition) is 1. The zero-order valence-corrected chi connectivity index (χ0v) is 21.6. The molecule has 1 heterocycles. The van der Waals surface area contributed by atoms with Gasteiger partial charge in [-0.1, -0.05) is 23.7 Å². The Morgan fingerprint density at radius 1 is 0.973 bits per heavy atom. The number of allylic oxidation sites excluding steroid dienone is 4. The summed E-state index contributed by atoms with van der Waals surface area (Å²) in [4.78, 5) is 38.5. The number of carbonyl (C=O) groups excluding carboxylic acids is 3. The number of amides is 1. The topological polar surface area (TPSA) is 90.9 Å². The van der Waals surface area contributed by atoms with E-state index in [1.807, 2.05) is 19.1 Å². The van der Waals surface area contributed by atoms with E-state index in [2.05, 4.69) is 5.32 Å². The smallest absolute Gasteiger partial charge is 0.262 e. The van der Waals surface area contributed by atoms with Gasteiger partial charge in [0.15, 0.2) is 29.7 Å². The first-order chi connectivity index (χ1) is 17.9. The van der Waals surface area contributed by atoms with Gasteiger partial charge in [0.2, 0.25) is 0 Å². The minimum Gasteiger partial charge on any atom is -0.493 e. The van der Waals surface area contributed by atoms with Crippen LogP contribution in [0.1, 0.15) is 55.6 Å². The Labute approximate surface area is 220 Å². The Balaban J connectivity index is 1.39. The van der Waals surface area contributed by atoms with Crippen LogP contribution in [0.25, 0.3) is 0 Å². The maximum absolute atomic E-state index is 13.0. The molecule has 8 heteroatoms. The molecule has 0 fully saturated rings. The van der Waals surface area contributed by atoms with Gasteiger partial charge in [-0.05, 0) is 55.2 Å². The fourth-order valence-corrected chi connectivity index (χ4v) is 5.33. The van der Waals surface area contributed by atoms with E-state index in [0.717, 1.165) is 24.0 Å². The summed E-state index contributed by atoms with van der Waals surface area (Å²) in [5.41, 5.74) is 3.41. The molecule has 0 saturated carbocycles. The van der Waals surface area contributed by atoms with Crippen molar-refractivity contribution in [2.75, 3.05) is 19.0 Å². The highest BCUT2D eigenvalue weighted by Crippen LogP contribution is 2.48. The maximum atomic E-state index is 13.0. The van der Waals surface area contributed by atoms with Crippen molar-refractivity contribution < 1.29 is 28.6 Å². The molecule has 3 aliphatic rings. The summed E-state index contributed by atoms with van der Waals surface area (Å²) in [7, 11) is 1.51. The van der Waals surface area contributed by atoms with E-state index in [9.17, 15) is 14.4 Å². The highest BCUT2D eigenvalue weighted by Gasteiger charge is 2.42. The second-order valence-corrected chi connectivity index (χ2v) is 9.88. The average molecular weight is 522 g/mol. The van der Waals surface area contributed by atoms with Crippen LogP contribution in [0.15, 0.2) is 59.1 Å². The molecule has 7 nitrogen and oxygen atoms in total. The second-order valence-electron chi connectivity index (χ2n) is 9.47. The van der Waals surface area contributed by atoms with Gasteiger partial charge in [0, 0.05) is 53.5 Å². The predicted octanol–water partition coefficient (Wildman–Crippen LogP) is 5.80. The van der Waals surface area contributed by atoms with Crippen molar-refractivity contribution >= 4 is 34.8 Å². The monoisotopic (exact) mass is 521 g/mol. The Hall–Kier alpha value is -3.58. The number of hydrogen-bond acceptors (Lipinski definition) is 6. The lowest BCUT2D eigenvalue weighted by atomic mass is 9.73. The molecular weight excluding hydrogens is 494 g/mol. The van der Waals surface area contributed by atoms with E-state index in [1.54, 1.807) is 24.3 Å². The molecule has 0 saturated heterocycles. The summed E-state index contributed by atoms with van der Waals surface area (Å²) in [6.07, 6.45) is 3.73. The number of nitrogens with one attached hydrogen (secondary N) is 1. The number of carbonyl (C=O) groups is 3. The molecule has 1 amide bonds. The number of rotatable bonds is 6. The van der Waals surface area contributed by atoms with Crippen LogP contribution in [0.4, 0.5) is 5.69 Å². The van der Waals surface area contributed by atoms with E-state index in [1.165, 1.54) is 7.11 Å². The van der Waals surface area contributed by atoms with Crippen LogP contribution in [-0.4, -0.2) is 31.2 Å².